The van der Waals surface area contributed by atoms with Gasteiger partial charge in [-0.2, -0.15) is 0 Å². The van der Waals surface area contributed by atoms with Crippen LogP contribution in [0.1, 0.15) is 38.7 Å². The topological polar surface area (TPSA) is 32.3 Å². The lowest BCUT2D eigenvalue weighted by Crippen LogP contribution is -2.44. The Labute approximate surface area is 132 Å². The van der Waals surface area contributed by atoms with Crippen LogP contribution in [0.3, 0.4) is 0 Å². The minimum Gasteiger partial charge on any atom is -0.350 e. The summed E-state index contributed by atoms with van der Waals surface area (Å²) in [6.45, 7) is 6.29. The van der Waals surface area contributed by atoms with Gasteiger partial charge in [-0.25, -0.2) is 4.39 Å². The van der Waals surface area contributed by atoms with Gasteiger partial charge < -0.3 is 5.32 Å². The Bertz CT molecular complexity index is 534. The van der Waals surface area contributed by atoms with E-state index in [1.165, 1.54) is 6.07 Å². The third-order valence-electron chi connectivity index (χ3n) is 4.14. The normalized spacial score (nSPS) is 17.5. The summed E-state index contributed by atoms with van der Waals surface area (Å²) in [7, 11) is 0. The number of nitrogens with one attached hydrogen (secondary N) is 1. The van der Waals surface area contributed by atoms with Gasteiger partial charge in [-0.15, -0.1) is 0 Å². The molecule has 0 saturated carbocycles. The van der Waals surface area contributed by atoms with Gasteiger partial charge in [0.05, 0.1) is 0 Å². The highest BCUT2D eigenvalue weighted by Gasteiger charge is 2.21. The van der Waals surface area contributed by atoms with E-state index < -0.39 is 0 Å². The number of carbonyl (C=O) groups excluding carboxylic acids is 1. The van der Waals surface area contributed by atoms with Crippen molar-refractivity contribution in [3.05, 3.63) is 47.3 Å². The van der Waals surface area contributed by atoms with Gasteiger partial charge in [0.2, 0.25) is 5.91 Å². The number of piperidine rings is 1. The molecule has 1 heterocycles. The first kappa shape index (κ1) is 16.7. The standard InChI is InChI=1S/C18H25FN2O/c1-3-6-14(2)18(22)20-16-9-11-21(12-10-16)13-15-7-4-5-8-17(15)19/h4-8,16H,3,9-13H2,1-2H3,(H,20,22). The summed E-state index contributed by atoms with van der Waals surface area (Å²) in [6.07, 6.45) is 4.65. The Morgan fingerprint density at radius 3 is 2.68 bits per heavy atom. The number of nitrogens with zero attached hydrogens (tertiary/aromatic N) is 1. The number of halogens is 1. The molecule has 1 aliphatic rings. The largest absolute Gasteiger partial charge is 0.350 e. The summed E-state index contributed by atoms with van der Waals surface area (Å²) in [4.78, 5) is 14.2. The van der Waals surface area contributed by atoms with Crippen molar-refractivity contribution in [3.63, 3.8) is 0 Å². The SMILES string of the molecule is CCC=C(C)C(=O)NC1CCN(Cc2ccccc2F)CC1. The number of likely N-dealkylation sites (tertiary alicyclic amines) is 1. The summed E-state index contributed by atoms with van der Waals surface area (Å²) < 4.78 is 13.7. The number of allylic oxidation sites excluding steroid dienone is 1. The average molecular weight is 304 g/mol. The lowest BCUT2D eigenvalue weighted by Gasteiger charge is -2.32. The summed E-state index contributed by atoms with van der Waals surface area (Å²) >= 11 is 0. The maximum absolute atomic E-state index is 13.7. The molecular weight excluding hydrogens is 279 g/mol. The van der Waals surface area contributed by atoms with Crippen molar-refractivity contribution in [2.45, 2.75) is 45.7 Å². The van der Waals surface area contributed by atoms with Crippen molar-refractivity contribution in [3.8, 4) is 0 Å². The van der Waals surface area contributed by atoms with Gasteiger partial charge in [-0.1, -0.05) is 31.2 Å². The van der Waals surface area contributed by atoms with E-state index in [4.69, 9.17) is 0 Å². The first-order valence-corrected chi connectivity index (χ1v) is 8.03. The van der Waals surface area contributed by atoms with Crippen LogP contribution in [0.15, 0.2) is 35.9 Å². The fraction of sp³-hybridized carbons (Fsp3) is 0.500. The molecule has 1 N–H and O–H groups in total. The van der Waals surface area contributed by atoms with Crippen LogP contribution in [-0.4, -0.2) is 29.9 Å². The second kappa shape index (κ2) is 8.08. The molecule has 0 spiro atoms. The van der Waals surface area contributed by atoms with Gasteiger partial charge in [0.1, 0.15) is 5.82 Å². The number of amides is 1. The van der Waals surface area contributed by atoms with E-state index in [1.54, 1.807) is 6.07 Å². The fourth-order valence-electron chi connectivity index (χ4n) is 2.80. The predicted octanol–water partition coefficient (Wildman–Crippen LogP) is 3.26. The Kier molecular flexibility index (Phi) is 6.13. The molecule has 3 nitrogen and oxygen atoms in total. The number of carbonyl (C=O) groups is 1. The molecule has 0 unspecified atom stereocenters. The number of hydrogen-bond donors (Lipinski definition) is 1. The summed E-state index contributed by atoms with van der Waals surface area (Å²) in [5, 5.41) is 3.09. The van der Waals surface area contributed by atoms with Gasteiger partial charge in [0.25, 0.3) is 0 Å². The van der Waals surface area contributed by atoms with Crippen LogP contribution in [0.2, 0.25) is 0 Å². The molecule has 1 saturated heterocycles. The van der Waals surface area contributed by atoms with Crippen LogP contribution >= 0.6 is 0 Å². The summed E-state index contributed by atoms with van der Waals surface area (Å²) in [5.41, 5.74) is 1.53. The summed E-state index contributed by atoms with van der Waals surface area (Å²) in [6, 6.07) is 7.15. The highest BCUT2D eigenvalue weighted by Crippen LogP contribution is 2.16. The Hall–Kier alpha value is -1.68. The monoisotopic (exact) mass is 304 g/mol. The quantitative estimate of drug-likeness (QED) is 0.847. The highest BCUT2D eigenvalue weighted by atomic mass is 19.1. The lowest BCUT2D eigenvalue weighted by molar-refractivity contribution is -0.118. The highest BCUT2D eigenvalue weighted by molar-refractivity contribution is 5.92. The molecular formula is C18H25FN2O. The molecule has 0 aromatic heterocycles. The van der Waals surface area contributed by atoms with Crippen molar-refractivity contribution in [2.75, 3.05) is 13.1 Å². The van der Waals surface area contributed by atoms with Crippen LogP contribution in [-0.2, 0) is 11.3 Å². The minimum absolute atomic E-state index is 0.0365. The van der Waals surface area contributed by atoms with E-state index >= 15 is 0 Å². The second-order valence-electron chi connectivity index (χ2n) is 5.91. The molecule has 1 aromatic rings. The first-order chi connectivity index (χ1) is 10.6. The average Bonchev–Trinajstić information content (AvgIpc) is 2.51. The molecule has 0 atom stereocenters. The van der Waals surface area contributed by atoms with Gasteiger partial charge in [-0.3, -0.25) is 9.69 Å². The van der Waals surface area contributed by atoms with Crippen molar-refractivity contribution < 1.29 is 9.18 Å². The van der Waals surface area contributed by atoms with E-state index in [0.29, 0.717) is 6.54 Å². The zero-order valence-electron chi connectivity index (χ0n) is 13.4. The predicted molar refractivity (Wildman–Crippen MR) is 86.9 cm³/mol. The molecule has 1 fully saturated rings. The molecule has 1 aromatic carbocycles. The van der Waals surface area contributed by atoms with Crippen molar-refractivity contribution in [1.29, 1.82) is 0 Å². The molecule has 1 aliphatic heterocycles. The molecule has 120 valence electrons. The molecule has 0 bridgehead atoms. The maximum Gasteiger partial charge on any atom is 0.246 e. The van der Waals surface area contributed by atoms with E-state index in [-0.39, 0.29) is 17.8 Å². The van der Waals surface area contributed by atoms with Gasteiger partial charge in [-0.05, 0) is 32.3 Å². The second-order valence-corrected chi connectivity index (χ2v) is 5.91. The van der Waals surface area contributed by atoms with Crippen molar-refractivity contribution >= 4 is 5.91 Å². The Morgan fingerprint density at radius 1 is 1.36 bits per heavy atom. The van der Waals surface area contributed by atoms with Crippen molar-refractivity contribution in [2.24, 2.45) is 0 Å². The van der Waals surface area contributed by atoms with Crippen molar-refractivity contribution in [1.82, 2.24) is 10.2 Å². The molecule has 4 heteroatoms. The van der Waals surface area contributed by atoms with Crippen LogP contribution in [0.5, 0.6) is 0 Å². The number of benzene rings is 1. The van der Waals surface area contributed by atoms with Gasteiger partial charge >= 0.3 is 0 Å². The zero-order valence-corrected chi connectivity index (χ0v) is 13.4. The van der Waals surface area contributed by atoms with Crippen LogP contribution < -0.4 is 5.32 Å². The maximum atomic E-state index is 13.7. The first-order valence-electron chi connectivity index (χ1n) is 8.03. The minimum atomic E-state index is -0.141. The van der Waals surface area contributed by atoms with Gasteiger partial charge in [0.15, 0.2) is 0 Å². The van der Waals surface area contributed by atoms with E-state index in [9.17, 15) is 9.18 Å². The molecule has 22 heavy (non-hydrogen) atoms. The van der Waals surface area contributed by atoms with Crippen LogP contribution in [0.4, 0.5) is 4.39 Å². The molecule has 0 radical (unpaired) electrons. The molecule has 2 rings (SSSR count). The summed E-state index contributed by atoms with van der Waals surface area (Å²) in [5.74, 6) is -0.104. The van der Waals surface area contributed by atoms with Crippen LogP contribution in [0, 0.1) is 5.82 Å². The van der Waals surface area contributed by atoms with Gasteiger partial charge in [0, 0.05) is 36.8 Å². The fourth-order valence-corrected chi connectivity index (χ4v) is 2.80. The Morgan fingerprint density at radius 2 is 2.05 bits per heavy atom. The van der Waals surface area contributed by atoms with E-state index in [1.807, 2.05) is 32.1 Å². The lowest BCUT2D eigenvalue weighted by atomic mass is 10.0. The van der Waals surface area contributed by atoms with E-state index in [0.717, 1.165) is 43.5 Å². The third kappa shape index (κ3) is 4.67. The molecule has 1 amide bonds. The third-order valence-corrected chi connectivity index (χ3v) is 4.14. The Balaban J connectivity index is 1.80. The molecule has 0 aliphatic carbocycles. The van der Waals surface area contributed by atoms with Crippen LogP contribution in [0.25, 0.3) is 0 Å². The number of rotatable bonds is 5. The zero-order chi connectivity index (χ0) is 15.9. The smallest absolute Gasteiger partial charge is 0.246 e. The van der Waals surface area contributed by atoms with E-state index in [2.05, 4.69) is 10.2 Å². The number of hydrogen-bond acceptors (Lipinski definition) is 2.